The van der Waals surface area contributed by atoms with E-state index in [4.69, 9.17) is 0 Å². The molecule has 0 aromatic heterocycles. The van der Waals surface area contributed by atoms with Crippen LogP contribution in [0.3, 0.4) is 0 Å². The number of hydrogen-bond acceptors (Lipinski definition) is 6. The second kappa shape index (κ2) is 11.4. The SMILES string of the molecule is CN/C(=N\CC(C)(C)/C=C\C=C(C)C)NS(=O)(=O)c1cccc(C(=O)N[C@@H]2CNC[C@H]2O)c1. The van der Waals surface area contributed by atoms with Gasteiger partial charge < -0.3 is 21.1 Å². The first-order valence-electron chi connectivity index (χ1n) is 10.8. The van der Waals surface area contributed by atoms with E-state index in [-0.39, 0.29) is 21.8 Å². The zero-order valence-corrected chi connectivity index (χ0v) is 20.7. The number of aliphatic hydroxyl groups excluding tert-OH is 1. The summed E-state index contributed by atoms with van der Waals surface area (Å²) in [4.78, 5) is 16.9. The molecule has 182 valence electrons. The number of nitrogens with zero attached hydrogens (tertiary/aromatic N) is 1. The number of rotatable bonds is 8. The smallest absolute Gasteiger partial charge is 0.264 e. The summed E-state index contributed by atoms with van der Waals surface area (Å²) in [5.41, 5.74) is 1.09. The number of amides is 1. The van der Waals surface area contributed by atoms with E-state index in [0.717, 1.165) is 0 Å². The highest BCUT2D eigenvalue weighted by Gasteiger charge is 2.27. The van der Waals surface area contributed by atoms with Gasteiger partial charge in [0.2, 0.25) is 5.96 Å². The van der Waals surface area contributed by atoms with E-state index < -0.39 is 28.1 Å². The molecular formula is C23H35N5O4S. The van der Waals surface area contributed by atoms with Crippen LogP contribution in [-0.4, -0.2) is 64.2 Å². The highest BCUT2D eigenvalue weighted by Crippen LogP contribution is 2.18. The van der Waals surface area contributed by atoms with E-state index >= 15 is 0 Å². The molecule has 33 heavy (non-hydrogen) atoms. The van der Waals surface area contributed by atoms with Crippen LogP contribution in [0.1, 0.15) is 38.1 Å². The number of carbonyl (C=O) groups is 1. The van der Waals surface area contributed by atoms with Crippen molar-refractivity contribution in [3.8, 4) is 0 Å². The summed E-state index contributed by atoms with van der Waals surface area (Å²) in [6, 6.07) is 5.31. The molecule has 0 unspecified atom stereocenters. The molecule has 9 nitrogen and oxygen atoms in total. The van der Waals surface area contributed by atoms with E-state index in [0.29, 0.717) is 19.6 Å². The average molecular weight is 478 g/mol. The molecule has 1 aliphatic heterocycles. The number of benzene rings is 1. The Morgan fingerprint density at radius 3 is 2.64 bits per heavy atom. The fourth-order valence-electron chi connectivity index (χ4n) is 3.05. The molecule has 2 rings (SSSR count). The minimum Gasteiger partial charge on any atom is -0.390 e. The number of nitrogens with one attached hydrogen (secondary N) is 4. The van der Waals surface area contributed by atoms with Gasteiger partial charge in [-0.05, 0) is 32.0 Å². The minimum absolute atomic E-state index is 0.0640. The maximum atomic E-state index is 12.9. The van der Waals surface area contributed by atoms with Crippen molar-refractivity contribution in [2.24, 2.45) is 10.4 Å². The van der Waals surface area contributed by atoms with Crippen LogP contribution in [0.25, 0.3) is 0 Å². The van der Waals surface area contributed by atoms with Crippen molar-refractivity contribution in [3.63, 3.8) is 0 Å². The minimum atomic E-state index is -3.97. The van der Waals surface area contributed by atoms with Crippen LogP contribution in [0.5, 0.6) is 0 Å². The third kappa shape index (κ3) is 8.30. The molecule has 0 radical (unpaired) electrons. The first-order chi connectivity index (χ1) is 15.4. The molecule has 10 heteroatoms. The van der Waals surface area contributed by atoms with Crippen molar-refractivity contribution < 1.29 is 18.3 Å². The highest BCUT2D eigenvalue weighted by molar-refractivity contribution is 7.90. The van der Waals surface area contributed by atoms with Gasteiger partial charge in [-0.15, -0.1) is 0 Å². The van der Waals surface area contributed by atoms with Crippen LogP contribution in [0, 0.1) is 5.41 Å². The molecule has 0 bridgehead atoms. The molecule has 1 heterocycles. The van der Waals surface area contributed by atoms with Crippen molar-refractivity contribution in [3.05, 3.63) is 53.6 Å². The van der Waals surface area contributed by atoms with Gasteiger partial charge in [0.15, 0.2) is 0 Å². The van der Waals surface area contributed by atoms with Crippen molar-refractivity contribution in [1.29, 1.82) is 0 Å². The number of sulfonamides is 1. The summed E-state index contributed by atoms with van der Waals surface area (Å²) in [7, 11) is -2.39. The van der Waals surface area contributed by atoms with Gasteiger partial charge >= 0.3 is 0 Å². The lowest BCUT2D eigenvalue weighted by Gasteiger charge is -2.19. The fraction of sp³-hybridized carbons (Fsp3) is 0.478. The zero-order chi connectivity index (χ0) is 24.6. The number of β-amino-alcohol motifs (C(OH)–C–C–N with tert-alkyl or cyclic N) is 1. The zero-order valence-electron chi connectivity index (χ0n) is 19.8. The summed E-state index contributed by atoms with van der Waals surface area (Å²) in [5.74, 6) is -0.346. The lowest BCUT2D eigenvalue weighted by atomic mass is 9.93. The predicted octanol–water partition coefficient (Wildman–Crippen LogP) is 1.15. The molecule has 5 N–H and O–H groups in total. The number of aliphatic hydroxyl groups is 1. The van der Waals surface area contributed by atoms with Crippen molar-refractivity contribution in [2.45, 2.75) is 44.7 Å². The number of hydrogen-bond donors (Lipinski definition) is 5. The highest BCUT2D eigenvalue weighted by atomic mass is 32.2. The molecule has 0 saturated carbocycles. The first-order valence-corrected chi connectivity index (χ1v) is 12.3. The molecule has 1 saturated heterocycles. The lowest BCUT2D eigenvalue weighted by Crippen LogP contribution is -2.43. The Morgan fingerprint density at radius 2 is 2.03 bits per heavy atom. The van der Waals surface area contributed by atoms with Gasteiger partial charge in [0.25, 0.3) is 15.9 Å². The molecule has 1 fully saturated rings. The Labute approximate surface area is 196 Å². The predicted molar refractivity (Wildman–Crippen MR) is 131 cm³/mol. The second-order valence-electron chi connectivity index (χ2n) is 8.95. The Morgan fingerprint density at radius 1 is 1.30 bits per heavy atom. The quantitative estimate of drug-likeness (QED) is 0.217. The van der Waals surface area contributed by atoms with Gasteiger partial charge in [-0.2, -0.15) is 0 Å². The van der Waals surface area contributed by atoms with Crippen molar-refractivity contribution in [1.82, 2.24) is 20.7 Å². The van der Waals surface area contributed by atoms with Crippen LogP contribution >= 0.6 is 0 Å². The molecule has 1 amide bonds. The summed E-state index contributed by atoms with van der Waals surface area (Å²) in [6.45, 7) is 9.25. The molecule has 2 atom stereocenters. The number of aliphatic imine (C=N–C) groups is 1. The molecule has 0 aliphatic carbocycles. The van der Waals surface area contributed by atoms with Crippen molar-refractivity contribution >= 4 is 21.9 Å². The number of allylic oxidation sites excluding steroid dienone is 3. The fourth-order valence-corrected chi connectivity index (χ4v) is 4.13. The third-order valence-electron chi connectivity index (χ3n) is 4.99. The van der Waals surface area contributed by atoms with E-state index in [1.54, 1.807) is 7.05 Å². The molecule has 1 aromatic rings. The summed E-state index contributed by atoms with van der Waals surface area (Å²) >= 11 is 0. The Balaban J connectivity index is 2.12. The summed E-state index contributed by atoms with van der Waals surface area (Å²) < 4.78 is 28.3. The van der Waals surface area contributed by atoms with E-state index in [9.17, 15) is 18.3 Å². The summed E-state index contributed by atoms with van der Waals surface area (Å²) in [6.07, 6.45) is 5.30. The molecular weight excluding hydrogens is 442 g/mol. The van der Waals surface area contributed by atoms with Gasteiger partial charge in [0.1, 0.15) is 0 Å². The standard InChI is InChI=1S/C23H35N5O4S/c1-16(2)8-7-11-23(3,4)15-26-22(24-5)28-33(31,32)18-10-6-9-17(12-18)21(30)27-19-13-25-14-20(19)29/h6-12,19-20,25,29H,13-15H2,1-5H3,(H,27,30)(H2,24,26,28)/b11-7-/t19-,20-/m1/s1. The molecule has 1 aliphatic rings. The van der Waals surface area contributed by atoms with E-state index in [1.807, 2.05) is 45.9 Å². The maximum Gasteiger partial charge on any atom is 0.264 e. The van der Waals surface area contributed by atoms with Crippen LogP contribution in [0.15, 0.2) is 58.0 Å². The monoisotopic (exact) mass is 477 g/mol. The van der Waals surface area contributed by atoms with Crippen LogP contribution in [-0.2, 0) is 10.0 Å². The van der Waals surface area contributed by atoms with Crippen molar-refractivity contribution in [2.75, 3.05) is 26.7 Å². The second-order valence-corrected chi connectivity index (χ2v) is 10.6. The van der Waals surface area contributed by atoms with Gasteiger partial charge in [-0.3, -0.25) is 9.79 Å². The van der Waals surface area contributed by atoms with Crippen LogP contribution < -0.4 is 20.7 Å². The van der Waals surface area contributed by atoms with Gasteiger partial charge in [0.05, 0.1) is 23.6 Å². The molecule has 1 aromatic carbocycles. The Hall–Kier alpha value is -2.69. The van der Waals surface area contributed by atoms with Crippen LogP contribution in [0.2, 0.25) is 0 Å². The normalized spacial score (nSPS) is 19.4. The average Bonchev–Trinajstić information content (AvgIpc) is 3.15. The van der Waals surface area contributed by atoms with Gasteiger partial charge in [0, 0.05) is 31.1 Å². The first kappa shape index (κ1) is 26.6. The topological polar surface area (TPSA) is 132 Å². The maximum absolute atomic E-state index is 12.9. The van der Waals surface area contributed by atoms with E-state index in [2.05, 4.69) is 25.7 Å². The number of carbonyl (C=O) groups excluding carboxylic acids is 1. The summed E-state index contributed by atoms with van der Waals surface area (Å²) in [5, 5.41) is 18.3. The molecule has 0 spiro atoms. The Kier molecular flexibility index (Phi) is 9.21. The van der Waals surface area contributed by atoms with Gasteiger partial charge in [-0.1, -0.05) is 43.7 Å². The van der Waals surface area contributed by atoms with E-state index in [1.165, 1.54) is 29.8 Å². The Bertz CT molecular complexity index is 1030. The lowest BCUT2D eigenvalue weighted by molar-refractivity contribution is 0.0888. The van der Waals surface area contributed by atoms with Crippen LogP contribution in [0.4, 0.5) is 0 Å². The number of guanidine groups is 1. The largest absolute Gasteiger partial charge is 0.390 e. The third-order valence-corrected chi connectivity index (χ3v) is 6.33. The van der Waals surface area contributed by atoms with Gasteiger partial charge in [-0.25, -0.2) is 13.1 Å².